The van der Waals surface area contributed by atoms with Crippen molar-refractivity contribution in [1.29, 1.82) is 0 Å². The van der Waals surface area contributed by atoms with Gasteiger partial charge in [0.2, 0.25) is 0 Å². The van der Waals surface area contributed by atoms with E-state index in [2.05, 4.69) is 15.6 Å². The molecule has 2 rings (SSSR count). The quantitative estimate of drug-likeness (QED) is 0.725. The summed E-state index contributed by atoms with van der Waals surface area (Å²) in [6.45, 7) is 0.0133. The summed E-state index contributed by atoms with van der Waals surface area (Å²) in [5, 5.41) is 14.4. The van der Waals surface area contributed by atoms with Gasteiger partial charge >= 0.3 is 6.03 Å². The molecule has 2 aromatic rings. The van der Waals surface area contributed by atoms with Gasteiger partial charge in [-0.05, 0) is 36.8 Å². The van der Waals surface area contributed by atoms with Crippen LogP contribution in [0, 0.1) is 17.6 Å². The highest BCUT2D eigenvalue weighted by atomic mass is 19.1. The minimum Gasteiger partial charge on any atom is -0.396 e. The first-order chi connectivity index (χ1) is 11.6. The number of hydrogen-bond donors (Lipinski definition) is 3. The van der Waals surface area contributed by atoms with Crippen molar-refractivity contribution < 1.29 is 18.7 Å². The van der Waals surface area contributed by atoms with Crippen molar-refractivity contribution in [2.75, 3.05) is 13.2 Å². The smallest absolute Gasteiger partial charge is 0.315 e. The molecule has 24 heavy (non-hydrogen) atoms. The molecule has 0 bridgehead atoms. The van der Waals surface area contributed by atoms with Crippen LogP contribution in [-0.2, 0) is 13.0 Å². The summed E-state index contributed by atoms with van der Waals surface area (Å²) < 4.78 is 26.5. The van der Waals surface area contributed by atoms with Crippen molar-refractivity contribution >= 4 is 6.03 Å². The van der Waals surface area contributed by atoms with Crippen LogP contribution in [0.4, 0.5) is 13.6 Å². The van der Waals surface area contributed by atoms with E-state index in [1.807, 2.05) is 12.1 Å². The number of carbonyl (C=O) groups is 1. The number of rotatable bonds is 7. The van der Waals surface area contributed by atoms with Crippen LogP contribution in [0.3, 0.4) is 0 Å². The third-order valence-corrected chi connectivity index (χ3v) is 3.48. The Labute approximate surface area is 138 Å². The number of aromatic nitrogens is 1. The average molecular weight is 335 g/mol. The van der Waals surface area contributed by atoms with Gasteiger partial charge < -0.3 is 15.7 Å². The molecule has 0 fully saturated rings. The van der Waals surface area contributed by atoms with Gasteiger partial charge in [0, 0.05) is 43.1 Å². The van der Waals surface area contributed by atoms with Crippen molar-refractivity contribution in [3.8, 4) is 0 Å². The number of aliphatic hydroxyl groups excluding tert-OH is 1. The first kappa shape index (κ1) is 17.8. The van der Waals surface area contributed by atoms with Gasteiger partial charge in [-0.2, -0.15) is 0 Å². The Morgan fingerprint density at radius 3 is 2.75 bits per heavy atom. The SMILES string of the molecule is O=C(NCc1cc(F)ccc1F)NCC(CO)Cc1ccccn1. The van der Waals surface area contributed by atoms with Gasteiger partial charge in [0.15, 0.2) is 0 Å². The molecule has 0 radical (unpaired) electrons. The van der Waals surface area contributed by atoms with Crippen LogP contribution < -0.4 is 10.6 Å². The highest BCUT2D eigenvalue weighted by Crippen LogP contribution is 2.09. The normalized spacial score (nSPS) is 11.8. The molecule has 0 spiro atoms. The number of aliphatic hydroxyl groups is 1. The Bertz CT molecular complexity index is 668. The monoisotopic (exact) mass is 335 g/mol. The van der Waals surface area contributed by atoms with E-state index < -0.39 is 17.7 Å². The maximum Gasteiger partial charge on any atom is 0.315 e. The summed E-state index contributed by atoms with van der Waals surface area (Å²) in [5.41, 5.74) is 0.887. The second kappa shape index (κ2) is 8.93. The van der Waals surface area contributed by atoms with Crippen LogP contribution >= 0.6 is 0 Å². The second-order valence-corrected chi connectivity index (χ2v) is 5.37. The number of carbonyl (C=O) groups excluding carboxylic acids is 1. The summed E-state index contributed by atoms with van der Waals surface area (Å²) >= 11 is 0. The van der Waals surface area contributed by atoms with Gasteiger partial charge in [-0.15, -0.1) is 0 Å². The van der Waals surface area contributed by atoms with Crippen molar-refractivity contribution in [3.63, 3.8) is 0 Å². The van der Waals surface area contributed by atoms with E-state index in [9.17, 15) is 18.7 Å². The van der Waals surface area contributed by atoms with E-state index in [-0.39, 0.29) is 31.2 Å². The van der Waals surface area contributed by atoms with Crippen molar-refractivity contribution in [2.24, 2.45) is 5.92 Å². The van der Waals surface area contributed by atoms with E-state index in [4.69, 9.17) is 0 Å². The molecule has 7 heteroatoms. The summed E-state index contributed by atoms with van der Waals surface area (Å²) in [4.78, 5) is 15.9. The third-order valence-electron chi connectivity index (χ3n) is 3.48. The fourth-order valence-electron chi connectivity index (χ4n) is 2.17. The van der Waals surface area contributed by atoms with E-state index in [0.717, 1.165) is 23.9 Å². The van der Waals surface area contributed by atoms with Crippen LogP contribution in [0.25, 0.3) is 0 Å². The van der Waals surface area contributed by atoms with Gasteiger partial charge in [0.05, 0.1) is 0 Å². The number of nitrogens with zero attached hydrogens (tertiary/aromatic N) is 1. The first-order valence-electron chi connectivity index (χ1n) is 7.55. The molecule has 1 atom stereocenters. The lowest BCUT2D eigenvalue weighted by Gasteiger charge is -2.15. The third kappa shape index (κ3) is 5.58. The van der Waals surface area contributed by atoms with Crippen molar-refractivity contribution in [1.82, 2.24) is 15.6 Å². The maximum absolute atomic E-state index is 13.5. The predicted octanol–water partition coefficient (Wildman–Crippen LogP) is 2.01. The molecule has 0 aliphatic carbocycles. The lowest BCUT2D eigenvalue weighted by molar-refractivity contribution is 0.213. The molecule has 0 aliphatic rings. The molecule has 3 N–H and O–H groups in total. The highest BCUT2D eigenvalue weighted by molar-refractivity contribution is 5.73. The van der Waals surface area contributed by atoms with E-state index in [1.165, 1.54) is 0 Å². The van der Waals surface area contributed by atoms with Gasteiger partial charge in [-0.1, -0.05) is 6.07 Å². The summed E-state index contributed by atoms with van der Waals surface area (Å²) in [7, 11) is 0. The van der Waals surface area contributed by atoms with Gasteiger partial charge in [-0.25, -0.2) is 13.6 Å². The standard InChI is InChI=1S/C17H19F2N3O2/c18-14-4-5-16(19)13(8-14)10-22-17(24)21-9-12(11-23)7-15-3-1-2-6-20-15/h1-6,8,12,23H,7,9-11H2,(H2,21,22,24). The van der Waals surface area contributed by atoms with Crippen LogP contribution in [0.1, 0.15) is 11.3 Å². The zero-order valence-electron chi connectivity index (χ0n) is 13.0. The average Bonchev–Trinajstić information content (AvgIpc) is 2.60. The number of halogens is 2. The fraction of sp³-hybridized carbons (Fsp3) is 0.294. The number of benzene rings is 1. The molecule has 1 aromatic heterocycles. The van der Waals surface area contributed by atoms with Gasteiger partial charge in [0.1, 0.15) is 11.6 Å². The van der Waals surface area contributed by atoms with Crippen molar-refractivity contribution in [3.05, 3.63) is 65.5 Å². The zero-order chi connectivity index (χ0) is 17.4. The first-order valence-corrected chi connectivity index (χ1v) is 7.55. The minimum atomic E-state index is -0.583. The Balaban J connectivity index is 1.78. The molecule has 0 aliphatic heterocycles. The minimum absolute atomic E-state index is 0.0670. The Hall–Kier alpha value is -2.54. The Kier molecular flexibility index (Phi) is 6.62. The number of pyridine rings is 1. The summed E-state index contributed by atoms with van der Waals surface area (Å²) in [6, 6.07) is 8.04. The molecular formula is C17H19F2N3O2. The van der Waals surface area contributed by atoms with Crippen LogP contribution in [0.5, 0.6) is 0 Å². The highest BCUT2D eigenvalue weighted by Gasteiger charge is 2.12. The number of amides is 2. The Morgan fingerprint density at radius 1 is 1.21 bits per heavy atom. The topological polar surface area (TPSA) is 74.2 Å². The van der Waals surface area contributed by atoms with Crippen LogP contribution in [0.15, 0.2) is 42.6 Å². The number of hydrogen-bond acceptors (Lipinski definition) is 3. The largest absolute Gasteiger partial charge is 0.396 e. The van der Waals surface area contributed by atoms with E-state index in [1.54, 1.807) is 12.3 Å². The van der Waals surface area contributed by atoms with Crippen molar-refractivity contribution in [2.45, 2.75) is 13.0 Å². The van der Waals surface area contributed by atoms with Gasteiger partial charge in [-0.3, -0.25) is 4.98 Å². The zero-order valence-corrected chi connectivity index (χ0v) is 13.0. The molecule has 0 saturated carbocycles. The molecule has 2 amide bonds. The van der Waals surface area contributed by atoms with Crippen LogP contribution in [0.2, 0.25) is 0 Å². The number of urea groups is 1. The van der Waals surface area contributed by atoms with Crippen LogP contribution in [-0.4, -0.2) is 29.3 Å². The fourth-order valence-corrected chi connectivity index (χ4v) is 2.17. The predicted molar refractivity (Wildman–Crippen MR) is 85.1 cm³/mol. The molecule has 1 aromatic carbocycles. The number of nitrogens with one attached hydrogen (secondary N) is 2. The molecule has 1 unspecified atom stereocenters. The molecule has 128 valence electrons. The molecular weight excluding hydrogens is 316 g/mol. The van der Waals surface area contributed by atoms with E-state index in [0.29, 0.717) is 6.42 Å². The van der Waals surface area contributed by atoms with Gasteiger partial charge in [0.25, 0.3) is 0 Å². The summed E-state index contributed by atoms with van der Waals surface area (Å²) in [5.74, 6) is -1.33. The van der Waals surface area contributed by atoms with E-state index >= 15 is 0 Å². The summed E-state index contributed by atoms with van der Waals surface area (Å²) in [6.07, 6.45) is 2.19. The maximum atomic E-state index is 13.5. The molecule has 5 nitrogen and oxygen atoms in total. The lowest BCUT2D eigenvalue weighted by atomic mass is 10.0. The Morgan fingerprint density at radius 2 is 2.04 bits per heavy atom. The lowest BCUT2D eigenvalue weighted by Crippen LogP contribution is -2.39. The molecule has 0 saturated heterocycles. The molecule has 1 heterocycles. The second-order valence-electron chi connectivity index (χ2n) is 5.37.